The number of amides is 1. The predicted molar refractivity (Wildman–Crippen MR) is 98.2 cm³/mol. The number of hydrogen-bond donors (Lipinski definition) is 2. The maximum absolute atomic E-state index is 13.0. The van der Waals surface area contributed by atoms with Crippen LogP contribution < -0.4 is 11.1 Å². The van der Waals surface area contributed by atoms with Gasteiger partial charge < -0.3 is 15.6 Å². The van der Waals surface area contributed by atoms with E-state index >= 15 is 0 Å². The summed E-state index contributed by atoms with van der Waals surface area (Å²) >= 11 is 0. The molecule has 3 aromatic rings. The lowest BCUT2D eigenvalue weighted by Gasteiger charge is -2.11. The predicted octanol–water partition coefficient (Wildman–Crippen LogP) is 3.01. The molecule has 138 valence electrons. The fourth-order valence-electron chi connectivity index (χ4n) is 2.82. The van der Waals surface area contributed by atoms with Gasteiger partial charge in [0.25, 0.3) is 11.8 Å². The van der Waals surface area contributed by atoms with Crippen molar-refractivity contribution >= 4 is 5.91 Å². The number of benzene rings is 2. The lowest BCUT2D eigenvalue weighted by molar-refractivity contribution is 0.0950. The van der Waals surface area contributed by atoms with Gasteiger partial charge in [-0.05, 0) is 55.2 Å². The quantitative estimate of drug-likeness (QED) is 0.699. The molecule has 7 heteroatoms. The highest BCUT2D eigenvalue weighted by atomic mass is 19.1. The third kappa shape index (κ3) is 4.03. The van der Waals surface area contributed by atoms with Gasteiger partial charge in [0.05, 0.1) is 0 Å². The molecule has 1 atom stereocenters. The molecule has 0 spiro atoms. The van der Waals surface area contributed by atoms with Crippen molar-refractivity contribution < 1.29 is 13.7 Å². The zero-order valence-corrected chi connectivity index (χ0v) is 14.6. The number of rotatable bonds is 6. The molecule has 2 aromatic carbocycles. The summed E-state index contributed by atoms with van der Waals surface area (Å²) in [5.74, 6) is 0.766. The molecule has 3 N–H and O–H groups in total. The van der Waals surface area contributed by atoms with Crippen LogP contribution in [0.25, 0.3) is 22.8 Å². The number of carbonyl (C=O) groups is 1. The first-order valence-corrected chi connectivity index (χ1v) is 8.84. The molecule has 1 aliphatic rings. The monoisotopic (exact) mass is 366 g/mol. The Morgan fingerprint density at radius 2 is 1.81 bits per heavy atom. The molecule has 1 saturated carbocycles. The Kier molecular flexibility index (Phi) is 4.68. The fraction of sp³-hybridized carbons (Fsp3) is 0.250. The topological polar surface area (TPSA) is 94.0 Å². The minimum Gasteiger partial charge on any atom is -0.350 e. The molecule has 0 saturated heterocycles. The van der Waals surface area contributed by atoms with Gasteiger partial charge in [0.1, 0.15) is 5.82 Å². The van der Waals surface area contributed by atoms with Gasteiger partial charge in [-0.3, -0.25) is 4.79 Å². The molecule has 1 fully saturated rings. The zero-order chi connectivity index (χ0) is 18.8. The van der Waals surface area contributed by atoms with E-state index in [0.717, 1.165) is 18.4 Å². The molecule has 1 amide bonds. The van der Waals surface area contributed by atoms with E-state index in [1.54, 1.807) is 36.4 Å². The number of halogens is 1. The smallest absolute Gasteiger partial charge is 0.258 e. The Bertz CT molecular complexity index is 933. The third-order valence-corrected chi connectivity index (χ3v) is 4.65. The van der Waals surface area contributed by atoms with Crippen LogP contribution in [0.1, 0.15) is 23.2 Å². The molecule has 1 unspecified atom stereocenters. The highest BCUT2D eigenvalue weighted by Gasteiger charge is 2.28. The average Bonchev–Trinajstić information content (AvgIpc) is 3.44. The summed E-state index contributed by atoms with van der Waals surface area (Å²) in [6.45, 7) is 0.483. The third-order valence-electron chi connectivity index (χ3n) is 4.65. The van der Waals surface area contributed by atoms with Crippen LogP contribution in [0.4, 0.5) is 4.39 Å². The van der Waals surface area contributed by atoms with Crippen molar-refractivity contribution in [3.8, 4) is 22.8 Å². The summed E-state index contributed by atoms with van der Waals surface area (Å²) in [6, 6.07) is 12.8. The fourth-order valence-corrected chi connectivity index (χ4v) is 2.82. The minimum atomic E-state index is -0.328. The van der Waals surface area contributed by atoms with Crippen molar-refractivity contribution in [1.29, 1.82) is 0 Å². The van der Waals surface area contributed by atoms with Crippen molar-refractivity contribution in [2.45, 2.75) is 18.9 Å². The SMILES string of the molecule is NC(CNC(=O)c1ccc(-c2noc(-c3ccc(F)cc3)n2)cc1)C1CC1. The Balaban J connectivity index is 1.42. The summed E-state index contributed by atoms with van der Waals surface area (Å²) in [5, 5.41) is 6.81. The van der Waals surface area contributed by atoms with E-state index in [4.69, 9.17) is 10.3 Å². The molecule has 4 rings (SSSR count). The second-order valence-electron chi connectivity index (χ2n) is 6.72. The minimum absolute atomic E-state index is 0.0254. The lowest BCUT2D eigenvalue weighted by Crippen LogP contribution is -2.38. The molecule has 1 heterocycles. The molecule has 6 nitrogen and oxygen atoms in total. The molecule has 0 bridgehead atoms. The molecule has 27 heavy (non-hydrogen) atoms. The molecule has 0 radical (unpaired) electrons. The van der Waals surface area contributed by atoms with Crippen molar-refractivity contribution in [1.82, 2.24) is 15.5 Å². The molecule has 0 aliphatic heterocycles. The maximum Gasteiger partial charge on any atom is 0.258 e. The van der Waals surface area contributed by atoms with E-state index in [0.29, 0.717) is 35.3 Å². The zero-order valence-electron chi connectivity index (χ0n) is 14.6. The highest BCUT2D eigenvalue weighted by Crippen LogP contribution is 2.31. The second kappa shape index (κ2) is 7.28. The standard InChI is InChI=1S/C20H19FN4O2/c21-16-9-7-15(8-10-16)20-24-18(25-27-20)13-3-5-14(6-4-13)19(26)23-11-17(22)12-1-2-12/h3-10,12,17H,1-2,11,22H2,(H,23,26). The van der Waals surface area contributed by atoms with E-state index < -0.39 is 0 Å². The Morgan fingerprint density at radius 1 is 1.15 bits per heavy atom. The van der Waals surface area contributed by atoms with Crippen LogP contribution >= 0.6 is 0 Å². The van der Waals surface area contributed by atoms with Crippen LogP contribution in [0, 0.1) is 11.7 Å². The van der Waals surface area contributed by atoms with Gasteiger partial charge in [0.2, 0.25) is 5.82 Å². The van der Waals surface area contributed by atoms with Gasteiger partial charge in [0, 0.05) is 29.3 Å². The number of nitrogens with zero attached hydrogens (tertiary/aromatic N) is 2. The Morgan fingerprint density at radius 3 is 2.48 bits per heavy atom. The first-order chi connectivity index (χ1) is 13.1. The number of carbonyl (C=O) groups excluding carboxylic acids is 1. The van der Waals surface area contributed by atoms with E-state index in [2.05, 4.69) is 15.5 Å². The Labute approximate surface area is 155 Å². The van der Waals surface area contributed by atoms with Crippen molar-refractivity contribution in [3.63, 3.8) is 0 Å². The van der Waals surface area contributed by atoms with Gasteiger partial charge in [-0.15, -0.1) is 0 Å². The molecular formula is C20H19FN4O2. The number of nitrogens with one attached hydrogen (secondary N) is 1. The summed E-state index contributed by atoms with van der Waals surface area (Å²) in [7, 11) is 0. The average molecular weight is 366 g/mol. The van der Waals surface area contributed by atoms with Gasteiger partial charge >= 0.3 is 0 Å². The summed E-state index contributed by atoms with van der Waals surface area (Å²) in [6.07, 6.45) is 2.30. The van der Waals surface area contributed by atoms with Crippen molar-refractivity contribution in [3.05, 3.63) is 59.9 Å². The summed E-state index contributed by atoms with van der Waals surface area (Å²) in [4.78, 5) is 16.5. The highest BCUT2D eigenvalue weighted by molar-refractivity contribution is 5.94. The number of hydrogen-bond acceptors (Lipinski definition) is 5. The van der Waals surface area contributed by atoms with Crippen molar-refractivity contribution in [2.24, 2.45) is 11.7 Å². The van der Waals surface area contributed by atoms with Gasteiger partial charge in [-0.2, -0.15) is 4.98 Å². The van der Waals surface area contributed by atoms with E-state index in [1.165, 1.54) is 12.1 Å². The summed E-state index contributed by atoms with van der Waals surface area (Å²) in [5.41, 5.74) is 7.90. The normalized spacial score (nSPS) is 14.7. The molecule has 1 aromatic heterocycles. The van der Waals surface area contributed by atoms with E-state index in [-0.39, 0.29) is 17.8 Å². The first-order valence-electron chi connectivity index (χ1n) is 8.84. The number of aromatic nitrogens is 2. The van der Waals surface area contributed by atoms with Gasteiger partial charge in [0.15, 0.2) is 0 Å². The van der Waals surface area contributed by atoms with Crippen LogP contribution in [0.5, 0.6) is 0 Å². The lowest BCUT2D eigenvalue weighted by atomic mass is 10.1. The Hall–Kier alpha value is -3.06. The van der Waals surface area contributed by atoms with Crippen LogP contribution in [0.3, 0.4) is 0 Å². The molecular weight excluding hydrogens is 347 g/mol. The maximum atomic E-state index is 13.0. The largest absolute Gasteiger partial charge is 0.350 e. The van der Waals surface area contributed by atoms with Crippen LogP contribution in [0.15, 0.2) is 53.1 Å². The number of nitrogens with two attached hydrogens (primary N) is 1. The second-order valence-corrected chi connectivity index (χ2v) is 6.72. The first kappa shape index (κ1) is 17.4. The van der Waals surface area contributed by atoms with Gasteiger partial charge in [-0.25, -0.2) is 4.39 Å². The summed E-state index contributed by atoms with van der Waals surface area (Å²) < 4.78 is 18.2. The van der Waals surface area contributed by atoms with Crippen LogP contribution in [-0.4, -0.2) is 28.6 Å². The van der Waals surface area contributed by atoms with Crippen LogP contribution in [-0.2, 0) is 0 Å². The van der Waals surface area contributed by atoms with Crippen molar-refractivity contribution in [2.75, 3.05) is 6.54 Å². The van der Waals surface area contributed by atoms with Gasteiger partial charge in [-0.1, -0.05) is 17.3 Å². The van der Waals surface area contributed by atoms with E-state index in [1.807, 2.05) is 0 Å². The molecule has 1 aliphatic carbocycles. The van der Waals surface area contributed by atoms with E-state index in [9.17, 15) is 9.18 Å². The van der Waals surface area contributed by atoms with Crippen LogP contribution in [0.2, 0.25) is 0 Å².